The second kappa shape index (κ2) is 10.7. The van der Waals surface area contributed by atoms with Crippen LogP contribution in [-0.4, -0.2) is 19.5 Å². The quantitative estimate of drug-likeness (QED) is 0.186. The Morgan fingerprint density at radius 3 is 2.06 bits per heavy atom. The summed E-state index contributed by atoms with van der Waals surface area (Å²) in [5.41, 5.74) is -3.78. The number of aromatic nitrogens is 4. The van der Waals surface area contributed by atoms with Crippen molar-refractivity contribution in [3.8, 4) is 39.9 Å². The van der Waals surface area contributed by atoms with Gasteiger partial charge in [-0.25, -0.2) is 4.98 Å². The van der Waals surface area contributed by atoms with Gasteiger partial charge in [0.15, 0.2) is 11.6 Å². The van der Waals surface area contributed by atoms with Crippen LogP contribution in [0.5, 0.6) is 0 Å². The van der Waals surface area contributed by atoms with E-state index >= 15 is 0 Å². The first-order chi connectivity index (χ1) is 34.0. The lowest BCUT2D eigenvalue weighted by molar-refractivity contribution is 0.668. The average Bonchev–Trinajstić information content (AvgIpc) is 4.09. The zero-order chi connectivity index (χ0) is 51.7. The fourth-order valence-corrected chi connectivity index (χ4v) is 6.11. The van der Waals surface area contributed by atoms with Crippen LogP contribution in [0, 0.1) is 0 Å². The minimum Gasteiger partial charge on any atom is -0.456 e. The molecule has 0 amide bonds. The van der Waals surface area contributed by atoms with Crippen molar-refractivity contribution in [1.82, 2.24) is 19.5 Å². The monoisotopic (exact) mass is 675 g/mol. The number of nitrogens with zero attached hydrogens (tertiary/aromatic N) is 4. The molecule has 0 N–H and O–H groups in total. The van der Waals surface area contributed by atoms with Crippen molar-refractivity contribution in [2.45, 2.75) is 0 Å². The molecule has 6 nitrogen and oxygen atoms in total. The van der Waals surface area contributed by atoms with E-state index in [9.17, 15) is 8.22 Å². The van der Waals surface area contributed by atoms with Crippen molar-refractivity contribution in [2.75, 3.05) is 0 Å². The molecule has 51 heavy (non-hydrogen) atoms. The zero-order valence-corrected chi connectivity index (χ0v) is 25.5. The van der Waals surface area contributed by atoms with Crippen molar-refractivity contribution in [3.63, 3.8) is 0 Å². The summed E-state index contributed by atoms with van der Waals surface area (Å²) in [6, 6.07) is -6.64. The molecule has 11 aromatic rings. The van der Waals surface area contributed by atoms with E-state index in [2.05, 4.69) is 9.97 Å². The van der Waals surface area contributed by atoms with Gasteiger partial charge in [-0.1, -0.05) is 115 Å². The molecule has 0 aliphatic heterocycles. The summed E-state index contributed by atoms with van der Waals surface area (Å²) >= 11 is 0. The van der Waals surface area contributed by atoms with Gasteiger partial charge in [0.2, 0.25) is 5.95 Å². The Kier molecular flexibility index (Phi) is 3.03. The molecule has 0 saturated heterocycles. The molecule has 0 aliphatic carbocycles. The summed E-state index contributed by atoms with van der Waals surface area (Å²) in [5, 5.41) is -1.83. The third-order valence-corrected chi connectivity index (χ3v) is 8.32. The Morgan fingerprint density at radius 1 is 0.451 bits per heavy atom. The minimum atomic E-state index is -0.782. The molecule has 0 bridgehead atoms. The van der Waals surface area contributed by atoms with E-state index in [0.29, 0.717) is 5.56 Å². The third kappa shape index (κ3) is 4.26. The first-order valence-corrected chi connectivity index (χ1v) is 15.2. The van der Waals surface area contributed by atoms with Crippen LogP contribution in [-0.2, 0) is 0 Å². The minimum absolute atomic E-state index is 0.179. The van der Waals surface area contributed by atoms with Gasteiger partial charge in [-0.3, -0.25) is 4.57 Å². The SMILES string of the molecule is [2H]c1c([2H])c([2H])c(-c2c([2H])c([2H])c([2H])c3oc4c([2H])c(-c5nc(-c6ccccc6)nc(-n6c7c([2H])c([2H])c([2H])c([2H])c7c7c([2H])c8c(oc9c([2H])c([2H])c([2H])c([2H])c98)c([2H])c76)n5)c([2H])c([2H])c4c23)c([2H])c1[2H]. The van der Waals surface area contributed by atoms with Crippen LogP contribution in [0.3, 0.4) is 0 Å². The molecule has 11 rings (SSSR count). The molecule has 0 aliphatic rings. The van der Waals surface area contributed by atoms with Crippen LogP contribution in [0.4, 0.5) is 0 Å². The second-order valence-electron chi connectivity index (χ2n) is 11.2. The largest absolute Gasteiger partial charge is 0.456 e. The van der Waals surface area contributed by atoms with Crippen molar-refractivity contribution >= 4 is 65.7 Å². The number of rotatable bonds is 4. The number of fused-ring (bicyclic) bond motifs is 9. The van der Waals surface area contributed by atoms with Gasteiger partial charge >= 0.3 is 0 Å². The predicted molar refractivity (Wildman–Crippen MR) is 205 cm³/mol. The number of furan rings is 2. The third-order valence-electron chi connectivity index (χ3n) is 8.32. The highest BCUT2D eigenvalue weighted by atomic mass is 16.3. The average molecular weight is 676 g/mol. The summed E-state index contributed by atoms with van der Waals surface area (Å²) in [7, 11) is 0. The topological polar surface area (TPSA) is 69.9 Å². The fourth-order valence-electron chi connectivity index (χ4n) is 6.11. The molecule has 0 saturated carbocycles. The predicted octanol–water partition coefficient (Wildman–Crippen LogP) is 11.8. The molecule has 0 fully saturated rings. The van der Waals surface area contributed by atoms with Gasteiger partial charge in [-0.2, -0.15) is 9.97 Å². The molecular weight excluding hydrogens is 629 g/mol. The highest BCUT2D eigenvalue weighted by Gasteiger charge is 2.21. The Hall–Kier alpha value is -7.05. The smallest absolute Gasteiger partial charge is 0.238 e. The normalized spacial score (nSPS) is 17.7. The summed E-state index contributed by atoms with van der Waals surface area (Å²) < 4.78 is 199. The van der Waals surface area contributed by atoms with E-state index < -0.39 is 172 Å². The lowest BCUT2D eigenvalue weighted by atomic mass is 9.99. The Balaban J connectivity index is 1.29. The lowest BCUT2D eigenvalue weighted by Gasteiger charge is -2.11. The van der Waals surface area contributed by atoms with Crippen molar-refractivity contribution in [3.05, 3.63) is 157 Å². The van der Waals surface area contributed by atoms with Crippen LogP contribution in [0.15, 0.2) is 166 Å². The molecule has 4 aromatic heterocycles. The van der Waals surface area contributed by atoms with Gasteiger partial charge in [0.1, 0.15) is 22.3 Å². The maximum atomic E-state index is 9.65. The van der Waals surface area contributed by atoms with Crippen LogP contribution in [0.25, 0.3) is 106 Å². The highest BCUT2D eigenvalue weighted by Crippen LogP contribution is 2.40. The first kappa shape index (κ1) is 14.4. The summed E-state index contributed by atoms with van der Waals surface area (Å²) in [4.78, 5) is 14.0. The van der Waals surface area contributed by atoms with Crippen molar-refractivity contribution in [2.24, 2.45) is 0 Å². The van der Waals surface area contributed by atoms with Crippen LogP contribution >= 0.6 is 0 Å². The molecule has 0 spiro atoms. The van der Waals surface area contributed by atoms with Gasteiger partial charge in [0.25, 0.3) is 0 Å². The van der Waals surface area contributed by atoms with E-state index in [4.69, 9.17) is 34.4 Å². The van der Waals surface area contributed by atoms with Gasteiger partial charge in [-0.15, -0.1) is 0 Å². The molecule has 4 heterocycles. The standard InChI is InChI=1S/C45H26N4O2/c1-3-12-27(13-4-1)30-18-11-21-39-42(30)33-23-22-29(24-40(33)51-39)44-46-43(28-14-5-2-6-15-28)47-45(48-44)49-36-19-9-7-16-31(36)34-25-35-32-17-8-10-20-38(32)50-41(35)26-37(34)49/h1-26H/i1D,3D,4D,7D,8D,9D,10D,11D,12D,13D,16D,17D,18D,19D,20D,21D,22D,23D,24D,25D,26D. The Bertz CT molecular complexity index is 4330. The van der Waals surface area contributed by atoms with Crippen LogP contribution in [0.2, 0.25) is 0 Å². The maximum Gasteiger partial charge on any atom is 0.238 e. The van der Waals surface area contributed by atoms with Crippen LogP contribution in [0.1, 0.15) is 28.8 Å². The Morgan fingerprint density at radius 2 is 1.18 bits per heavy atom. The first-order valence-electron chi connectivity index (χ1n) is 25.7. The van der Waals surface area contributed by atoms with Gasteiger partial charge in [0.05, 0.1) is 39.8 Å². The molecule has 0 atom stereocenters. The second-order valence-corrected chi connectivity index (χ2v) is 11.2. The van der Waals surface area contributed by atoms with Crippen molar-refractivity contribution < 1.29 is 37.6 Å². The molecule has 0 radical (unpaired) electrons. The van der Waals surface area contributed by atoms with Crippen LogP contribution < -0.4 is 0 Å². The van der Waals surface area contributed by atoms with E-state index in [1.807, 2.05) is 0 Å². The van der Waals surface area contributed by atoms with Crippen molar-refractivity contribution in [1.29, 1.82) is 0 Å². The fraction of sp³-hybridized carbons (Fsp3) is 0. The summed E-state index contributed by atoms with van der Waals surface area (Å²) in [5.74, 6) is -1.21. The van der Waals surface area contributed by atoms with Gasteiger partial charge < -0.3 is 8.83 Å². The zero-order valence-electron chi connectivity index (χ0n) is 46.5. The lowest BCUT2D eigenvalue weighted by Crippen LogP contribution is -2.06. The highest BCUT2D eigenvalue weighted by molar-refractivity contribution is 6.17. The molecular formula is C45H26N4O2. The number of hydrogen-bond donors (Lipinski definition) is 0. The maximum absolute atomic E-state index is 9.65. The molecule has 6 heteroatoms. The molecule has 0 unspecified atom stereocenters. The summed E-state index contributed by atoms with van der Waals surface area (Å²) in [6.07, 6.45) is 0. The molecule has 238 valence electrons. The Labute approximate surface area is 320 Å². The van der Waals surface area contributed by atoms with E-state index in [1.54, 1.807) is 30.3 Å². The van der Waals surface area contributed by atoms with E-state index in [0.717, 1.165) is 4.57 Å². The van der Waals surface area contributed by atoms with E-state index in [1.165, 1.54) is 0 Å². The number of hydrogen-bond acceptors (Lipinski definition) is 5. The molecule has 7 aromatic carbocycles. The number of para-hydroxylation sites is 2. The van der Waals surface area contributed by atoms with Gasteiger partial charge in [0, 0.05) is 49.5 Å². The van der Waals surface area contributed by atoms with Gasteiger partial charge in [-0.05, 0) is 47.4 Å². The summed E-state index contributed by atoms with van der Waals surface area (Å²) in [6.45, 7) is 0. The number of benzene rings is 7. The van der Waals surface area contributed by atoms with E-state index in [-0.39, 0.29) is 54.8 Å².